The van der Waals surface area contributed by atoms with Crippen molar-refractivity contribution in [2.75, 3.05) is 26.7 Å². The SMILES string of the molecule is CC(C)N(C)C(=O)CN1CCCC2(CCc3cnc(-c4ccccc4)nc32)C1. The Bertz CT molecular complexity index is 847. The van der Waals surface area contributed by atoms with Crippen LogP contribution in [-0.2, 0) is 16.6 Å². The summed E-state index contributed by atoms with van der Waals surface area (Å²) in [5.41, 5.74) is 3.63. The fourth-order valence-electron chi connectivity index (χ4n) is 4.62. The van der Waals surface area contributed by atoms with Crippen molar-refractivity contribution >= 4 is 5.91 Å². The Kier molecular flexibility index (Phi) is 5.19. The third-order valence-electron chi connectivity index (χ3n) is 6.45. The van der Waals surface area contributed by atoms with E-state index in [1.165, 1.54) is 11.3 Å². The molecule has 0 radical (unpaired) electrons. The van der Waals surface area contributed by atoms with Gasteiger partial charge in [-0.15, -0.1) is 0 Å². The monoisotopic (exact) mass is 378 g/mol. The third-order valence-corrected chi connectivity index (χ3v) is 6.45. The number of carbonyl (C=O) groups excluding carboxylic acids is 1. The quantitative estimate of drug-likeness (QED) is 0.819. The Morgan fingerprint density at radius 1 is 1.25 bits per heavy atom. The van der Waals surface area contributed by atoms with Gasteiger partial charge in [0.05, 0.1) is 12.2 Å². The number of hydrogen-bond donors (Lipinski definition) is 0. The third kappa shape index (κ3) is 3.55. The number of benzene rings is 1. The lowest BCUT2D eigenvalue weighted by Crippen LogP contribution is -2.49. The van der Waals surface area contributed by atoms with Gasteiger partial charge in [0, 0.05) is 36.8 Å². The molecule has 1 aliphatic heterocycles. The van der Waals surface area contributed by atoms with Crippen molar-refractivity contribution in [3.63, 3.8) is 0 Å². The number of piperidine rings is 1. The Hall–Kier alpha value is -2.27. The van der Waals surface area contributed by atoms with Gasteiger partial charge < -0.3 is 4.90 Å². The van der Waals surface area contributed by atoms with Gasteiger partial charge in [-0.3, -0.25) is 9.69 Å². The summed E-state index contributed by atoms with van der Waals surface area (Å²) in [5, 5.41) is 0. The number of rotatable bonds is 4. The predicted octanol–water partition coefficient (Wildman–Crippen LogP) is 3.29. The van der Waals surface area contributed by atoms with E-state index in [1.807, 2.05) is 36.3 Å². The average molecular weight is 379 g/mol. The maximum atomic E-state index is 12.6. The van der Waals surface area contributed by atoms with Crippen LogP contribution in [0.1, 0.15) is 44.4 Å². The van der Waals surface area contributed by atoms with Gasteiger partial charge in [-0.05, 0) is 51.6 Å². The van der Waals surface area contributed by atoms with Crippen LogP contribution in [0.5, 0.6) is 0 Å². The first kappa shape index (κ1) is 19.1. The van der Waals surface area contributed by atoms with Crippen LogP contribution >= 0.6 is 0 Å². The van der Waals surface area contributed by atoms with E-state index in [2.05, 4.69) is 35.9 Å². The van der Waals surface area contributed by atoms with Gasteiger partial charge >= 0.3 is 0 Å². The molecular weight excluding hydrogens is 348 g/mol. The molecule has 5 nitrogen and oxygen atoms in total. The molecule has 1 saturated heterocycles. The highest BCUT2D eigenvalue weighted by molar-refractivity contribution is 5.78. The number of hydrogen-bond acceptors (Lipinski definition) is 4. The van der Waals surface area contributed by atoms with Gasteiger partial charge in [-0.25, -0.2) is 9.97 Å². The number of amides is 1. The predicted molar refractivity (Wildman–Crippen MR) is 111 cm³/mol. The minimum absolute atomic E-state index is 0.0662. The first-order valence-corrected chi connectivity index (χ1v) is 10.4. The lowest BCUT2D eigenvalue weighted by Gasteiger charge is -2.41. The normalized spacial score (nSPS) is 21.9. The largest absolute Gasteiger partial charge is 0.342 e. The Morgan fingerprint density at radius 2 is 2.04 bits per heavy atom. The van der Waals surface area contributed by atoms with E-state index in [0.29, 0.717) is 6.54 Å². The summed E-state index contributed by atoms with van der Waals surface area (Å²) < 4.78 is 0. The van der Waals surface area contributed by atoms with E-state index >= 15 is 0 Å². The van der Waals surface area contributed by atoms with Crippen LogP contribution < -0.4 is 0 Å². The molecule has 0 N–H and O–H groups in total. The van der Waals surface area contributed by atoms with E-state index in [1.54, 1.807) is 0 Å². The molecule has 28 heavy (non-hydrogen) atoms. The number of carbonyl (C=O) groups is 1. The summed E-state index contributed by atoms with van der Waals surface area (Å²) in [6.07, 6.45) is 6.44. The second kappa shape index (κ2) is 7.63. The molecule has 1 aromatic carbocycles. The van der Waals surface area contributed by atoms with Crippen molar-refractivity contribution in [3.8, 4) is 11.4 Å². The van der Waals surface area contributed by atoms with Crippen molar-refractivity contribution in [1.29, 1.82) is 0 Å². The van der Waals surface area contributed by atoms with Crippen LogP contribution in [0, 0.1) is 0 Å². The van der Waals surface area contributed by atoms with Crippen LogP contribution in [0.25, 0.3) is 11.4 Å². The van der Waals surface area contributed by atoms with E-state index in [4.69, 9.17) is 4.98 Å². The van der Waals surface area contributed by atoms with Crippen LogP contribution in [0.2, 0.25) is 0 Å². The summed E-state index contributed by atoms with van der Waals surface area (Å²) in [6, 6.07) is 10.4. The molecule has 0 bridgehead atoms. The van der Waals surface area contributed by atoms with Crippen LogP contribution in [0.3, 0.4) is 0 Å². The van der Waals surface area contributed by atoms with Gasteiger partial charge in [0.15, 0.2) is 5.82 Å². The van der Waals surface area contributed by atoms with Crippen LogP contribution in [0.15, 0.2) is 36.5 Å². The molecule has 1 atom stereocenters. The molecule has 2 aromatic rings. The highest BCUT2D eigenvalue weighted by Gasteiger charge is 2.44. The summed E-state index contributed by atoms with van der Waals surface area (Å²) in [4.78, 5) is 26.5. The summed E-state index contributed by atoms with van der Waals surface area (Å²) in [5.74, 6) is 1.02. The average Bonchev–Trinajstić information content (AvgIpc) is 3.05. The Balaban J connectivity index is 1.57. The molecule has 4 rings (SSSR count). The van der Waals surface area contributed by atoms with Crippen molar-refractivity contribution in [2.24, 2.45) is 0 Å². The Morgan fingerprint density at radius 3 is 2.79 bits per heavy atom. The zero-order chi connectivity index (χ0) is 19.7. The molecule has 1 aromatic heterocycles. The molecule has 1 fully saturated rings. The lowest BCUT2D eigenvalue weighted by atomic mass is 9.77. The zero-order valence-electron chi connectivity index (χ0n) is 17.2. The molecule has 1 spiro atoms. The van der Waals surface area contributed by atoms with E-state index in [0.717, 1.165) is 50.2 Å². The molecule has 5 heteroatoms. The number of aromatic nitrogens is 2. The maximum Gasteiger partial charge on any atom is 0.236 e. The number of likely N-dealkylation sites (N-methyl/N-ethyl adjacent to an activating group) is 1. The van der Waals surface area contributed by atoms with Crippen LogP contribution in [0.4, 0.5) is 0 Å². The summed E-state index contributed by atoms with van der Waals surface area (Å²) in [7, 11) is 1.90. The fraction of sp³-hybridized carbons (Fsp3) is 0.522. The molecule has 2 heterocycles. The minimum atomic E-state index is 0.0662. The fourth-order valence-corrected chi connectivity index (χ4v) is 4.62. The lowest BCUT2D eigenvalue weighted by molar-refractivity contribution is -0.133. The second-order valence-electron chi connectivity index (χ2n) is 8.63. The molecule has 148 valence electrons. The number of nitrogens with zero attached hydrogens (tertiary/aromatic N) is 4. The minimum Gasteiger partial charge on any atom is -0.342 e. The first-order valence-electron chi connectivity index (χ1n) is 10.4. The maximum absolute atomic E-state index is 12.6. The van der Waals surface area contributed by atoms with Crippen LogP contribution in [-0.4, -0.2) is 58.4 Å². The van der Waals surface area contributed by atoms with E-state index in [-0.39, 0.29) is 17.4 Å². The molecular formula is C23H30N4O. The summed E-state index contributed by atoms with van der Waals surface area (Å²) >= 11 is 0. The zero-order valence-corrected chi connectivity index (χ0v) is 17.2. The molecule has 0 saturated carbocycles. The highest BCUT2D eigenvalue weighted by Crippen LogP contribution is 2.44. The van der Waals surface area contributed by atoms with Crippen molar-refractivity contribution < 1.29 is 4.79 Å². The van der Waals surface area contributed by atoms with Gasteiger partial charge in [0.2, 0.25) is 5.91 Å². The molecule has 1 aliphatic carbocycles. The van der Waals surface area contributed by atoms with E-state index in [9.17, 15) is 4.79 Å². The van der Waals surface area contributed by atoms with Gasteiger partial charge in [0.1, 0.15) is 0 Å². The molecule has 1 amide bonds. The number of fused-ring (bicyclic) bond motifs is 2. The van der Waals surface area contributed by atoms with E-state index < -0.39 is 0 Å². The Labute approximate surface area is 167 Å². The summed E-state index contributed by atoms with van der Waals surface area (Å²) in [6.45, 7) is 6.53. The topological polar surface area (TPSA) is 49.3 Å². The van der Waals surface area contributed by atoms with Crippen molar-refractivity contribution in [2.45, 2.75) is 51.0 Å². The molecule has 1 unspecified atom stereocenters. The molecule has 2 aliphatic rings. The smallest absolute Gasteiger partial charge is 0.236 e. The number of aryl methyl sites for hydroxylation is 1. The number of likely N-dealkylation sites (tertiary alicyclic amines) is 1. The highest BCUT2D eigenvalue weighted by atomic mass is 16.2. The van der Waals surface area contributed by atoms with Gasteiger partial charge in [-0.2, -0.15) is 0 Å². The van der Waals surface area contributed by atoms with Gasteiger partial charge in [0.25, 0.3) is 0 Å². The second-order valence-corrected chi connectivity index (χ2v) is 8.63. The van der Waals surface area contributed by atoms with Crippen molar-refractivity contribution in [3.05, 3.63) is 47.8 Å². The first-order chi connectivity index (χ1) is 13.5. The van der Waals surface area contributed by atoms with Gasteiger partial charge in [-0.1, -0.05) is 30.3 Å². The van der Waals surface area contributed by atoms with Crippen molar-refractivity contribution in [1.82, 2.24) is 19.8 Å². The standard InChI is InChI=1S/C23H30N4O/c1-17(2)26(3)20(28)15-27-13-7-11-23(16-27)12-10-19-14-24-22(25-21(19)23)18-8-5-4-6-9-18/h4-6,8-9,14,17H,7,10-13,15-16H2,1-3H3.